The highest BCUT2D eigenvalue weighted by Gasteiger charge is 2.11. The lowest BCUT2D eigenvalue weighted by Crippen LogP contribution is -2.02. The van der Waals surface area contributed by atoms with Crippen LogP contribution in [0.4, 0.5) is 11.4 Å². The van der Waals surface area contributed by atoms with Crippen LogP contribution in [-0.2, 0) is 13.1 Å². The van der Waals surface area contributed by atoms with Crippen LogP contribution in [0.1, 0.15) is 5.56 Å². The van der Waals surface area contributed by atoms with E-state index in [0.29, 0.717) is 18.8 Å². The molecule has 2 aromatic rings. The number of aliphatic hydroxyl groups is 1. The average molecular weight is 297 g/mol. The maximum absolute atomic E-state index is 10.6. The lowest BCUT2D eigenvalue weighted by atomic mass is 10.2. The molecule has 1 heterocycles. The Kier molecular flexibility index (Phi) is 4.54. The number of rotatable bonds is 6. The highest BCUT2D eigenvalue weighted by Crippen LogP contribution is 2.27. The van der Waals surface area contributed by atoms with Crippen molar-refractivity contribution in [3.8, 4) is 0 Å². The van der Waals surface area contributed by atoms with Crippen molar-refractivity contribution in [3.05, 3.63) is 51.3 Å². The lowest BCUT2D eigenvalue weighted by molar-refractivity contribution is -0.384. The molecule has 8 heteroatoms. The van der Waals surface area contributed by atoms with E-state index in [0.717, 1.165) is 5.56 Å². The van der Waals surface area contributed by atoms with Crippen LogP contribution in [0.2, 0.25) is 5.02 Å². The van der Waals surface area contributed by atoms with E-state index in [2.05, 4.69) is 10.4 Å². The molecule has 0 unspecified atom stereocenters. The summed E-state index contributed by atoms with van der Waals surface area (Å²) in [5, 5.41) is 26.7. The minimum Gasteiger partial charge on any atom is -0.394 e. The molecule has 2 rings (SSSR count). The average Bonchev–Trinajstić information content (AvgIpc) is 2.84. The largest absolute Gasteiger partial charge is 0.394 e. The summed E-state index contributed by atoms with van der Waals surface area (Å²) in [6, 6.07) is 4.47. The van der Waals surface area contributed by atoms with Crippen LogP contribution in [0.3, 0.4) is 0 Å². The Morgan fingerprint density at radius 3 is 2.95 bits per heavy atom. The molecule has 0 saturated carbocycles. The van der Waals surface area contributed by atoms with Crippen molar-refractivity contribution in [2.75, 3.05) is 11.9 Å². The summed E-state index contributed by atoms with van der Waals surface area (Å²) in [4.78, 5) is 10.1. The quantitative estimate of drug-likeness (QED) is 0.628. The van der Waals surface area contributed by atoms with E-state index >= 15 is 0 Å². The van der Waals surface area contributed by atoms with Gasteiger partial charge < -0.3 is 10.4 Å². The monoisotopic (exact) mass is 296 g/mol. The second-order valence-corrected chi connectivity index (χ2v) is 4.52. The fraction of sp³-hybridized carbons (Fsp3) is 0.250. The fourth-order valence-corrected chi connectivity index (χ4v) is 1.94. The Hall–Kier alpha value is -2.12. The van der Waals surface area contributed by atoms with Crippen molar-refractivity contribution in [1.82, 2.24) is 9.78 Å². The summed E-state index contributed by atoms with van der Waals surface area (Å²) >= 11 is 5.83. The molecule has 0 aliphatic carbocycles. The molecule has 0 spiro atoms. The number of aliphatic hydroxyl groups excluding tert-OH is 1. The standard InChI is InChI=1S/C12H13ClN4O3/c13-11-5-10(1-2-12(11)17(19)20)14-6-9-7-15-16(8-9)3-4-18/h1-2,5,7-8,14,18H,3-4,6H2. The molecule has 0 amide bonds. The Morgan fingerprint density at radius 1 is 1.50 bits per heavy atom. The van der Waals surface area contributed by atoms with Gasteiger partial charge in [-0.2, -0.15) is 5.10 Å². The predicted octanol–water partition coefficient (Wildman–Crippen LogP) is 2.05. The molecule has 0 atom stereocenters. The smallest absolute Gasteiger partial charge is 0.288 e. The zero-order valence-electron chi connectivity index (χ0n) is 10.5. The Morgan fingerprint density at radius 2 is 2.30 bits per heavy atom. The second-order valence-electron chi connectivity index (χ2n) is 4.11. The number of nitro groups is 1. The van der Waals surface area contributed by atoms with Crippen molar-refractivity contribution >= 4 is 23.0 Å². The first-order valence-corrected chi connectivity index (χ1v) is 6.28. The predicted molar refractivity (Wildman–Crippen MR) is 74.7 cm³/mol. The molecule has 2 N–H and O–H groups in total. The second kappa shape index (κ2) is 6.36. The van der Waals surface area contributed by atoms with Crippen molar-refractivity contribution in [1.29, 1.82) is 0 Å². The summed E-state index contributed by atoms with van der Waals surface area (Å²) in [5.41, 5.74) is 1.51. The van der Waals surface area contributed by atoms with Crippen LogP contribution < -0.4 is 5.32 Å². The first-order valence-electron chi connectivity index (χ1n) is 5.90. The van der Waals surface area contributed by atoms with Gasteiger partial charge in [-0.3, -0.25) is 14.8 Å². The highest BCUT2D eigenvalue weighted by molar-refractivity contribution is 6.32. The minimum absolute atomic E-state index is 0.0342. The van der Waals surface area contributed by atoms with Gasteiger partial charge in [0.1, 0.15) is 5.02 Å². The number of hydrogen-bond donors (Lipinski definition) is 2. The minimum atomic E-state index is -0.523. The highest BCUT2D eigenvalue weighted by atomic mass is 35.5. The molecule has 0 bridgehead atoms. The number of benzene rings is 1. The lowest BCUT2D eigenvalue weighted by Gasteiger charge is -2.05. The molecular weight excluding hydrogens is 284 g/mol. The van der Waals surface area contributed by atoms with Crippen LogP contribution in [0.5, 0.6) is 0 Å². The van der Waals surface area contributed by atoms with Crippen LogP contribution in [-0.4, -0.2) is 26.4 Å². The Balaban J connectivity index is 1.99. The summed E-state index contributed by atoms with van der Waals surface area (Å²) in [7, 11) is 0. The molecule has 106 valence electrons. The first-order chi connectivity index (χ1) is 9.60. The number of nitro benzene ring substituents is 1. The van der Waals surface area contributed by atoms with Gasteiger partial charge in [0.15, 0.2) is 0 Å². The molecule has 1 aromatic carbocycles. The van der Waals surface area contributed by atoms with E-state index in [4.69, 9.17) is 16.7 Å². The number of aromatic nitrogens is 2. The summed E-state index contributed by atoms with van der Waals surface area (Å²) in [6.45, 7) is 0.995. The maximum Gasteiger partial charge on any atom is 0.288 e. The van der Waals surface area contributed by atoms with Crippen molar-refractivity contribution in [3.63, 3.8) is 0 Å². The van der Waals surface area contributed by atoms with E-state index in [1.54, 1.807) is 16.9 Å². The summed E-state index contributed by atoms with van der Waals surface area (Å²) in [5.74, 6) is 0. The molecule has 0 aliphatic heterocycles. The maximum atomic E-state index is 10.6. The molecule has 7 nitrogen and oxygen atoms in total. The van der Waals surface area contributed by atoms with Gasteiger partial charge in [0.05, 0.1) is 24.3 Å². The van der Waals surface area contributed by atoms with Gasteiger partial charge >= 0.3 is 0 Å². The van der Waals surface area contributed by atoms with Gasteiger partial charge in [-0.25, -0.2) is 0 Å². The molecule has 20 heavy (non-hydrogen) atoms. The molecular formula is C12H13ClN4O3. The van der Waals surface area contributed by atoms with Crippen molar-refractivity contribution in [2.45, 2.75) is 13.1 Å². The van der Waals surface area contributed by atoms with E-state index in [1.807, 2.05) is 6.20 Å². The number of nitrogens with zero attached hydrogens (tertiary/aromatic N) is 3. The Labute approximate surface area is 119 Å². The molecule has 0 aliphatic rings. The fourth-order valence-electron chi connectivity index (χ4n) is 1.69. The first kappa shape index (κ1) is 14.3. The van der Waals surface area contributed by atoms with E-state index in [1.165, 1.54) is 12.1 Å². The normalized spacial score (nSPS) is 10.5. The van der Waals surface area contributed by atoms with Crippen LogP contribution in [0, 0.1) is 10.1 Å². The Bertz CT molecular complexity index is 614. The van der Waals surface area contributed by atoms with Gasteiger partial charge in [-0.05, 0) is 12.1 Å². The van der Waals surface area contributed by atoms with Crippen LogP contribution in [0.15, 0.2) is 30.6 Å². The van der Waals surface area contributed by atoms with Crippen molar-refractivity contribution in [2.24, 2.45) is 0 Å². The topological polar surface area (TPSA) is 93.2 Å². The molecule has 0 fully saturated rings. The number of nitrogens with one attached hydrogen (secondary N) is 1. The zero-order chi connectivity index (χ0) is 14.5. The molecule has 1 aromatic heterocycles. The van der Waals surface area contributed by atoms with Crippen LogP contribution >= 0.6 is 11.6 Å². The van der Waals surface area contributed by atoms with Gasteiger partial charge in [0, 0.05) is 30.1 Å². The SMILES string of the molecule is O=[N+]([O-])c1ccc(NCc2cnn(CCO)c2)cc1Cl. The van der Waals surface area contributed by atoms with Gasteiger partial charge in [0.2, 0.25) is 0 Å². The van der Waals surface area contributed by atoms with E-state index < -0.39 is 4.92 Å². The summed E-state index contributed by atoms with van der Waals surface area (Å²) in [6.07, 6.45) is 3.51. The van der Waals surface area contributed by atoms with Crippen LogP contribution in [0.25, 0.3) is 0 Å². The van der Waals surface area contributed by atoms with E-state index in [-0.39, 0.29) is 17.3 Å². The third-order valence-electron chi connectivity index (χ3n) is 2.66. The third kappa shape index (κ3) is 3.46. The number of anilines is 1. The molecule has 0 radical (unpaired) electrons. The number of halogens is 1. The van der Waals surface area contributed by atoms with E-state index in [9.17, 15) is 10.1 Å². The van der Waals surface area contributed by atoms with Gasteiger partial charge in [-0.1, -0.05) is 11.6 Å². The number of hydrogen-bond acceptors (Lipinski definition) is 5. The third-order valence-corrected chi connectivity index (χ3v) is 2.96. The van der Waals surface area contributed by atoms with Gasteiger partial charge in [-0.15, -0.1) is 0 Å². The molecule has 0 saturated heterocycles. The van der Waals surface area contributed by atoms with Gasteiger partial charge in [0.25, 0.3) is 5.69 Å². The van der Waals surface area contributed by atoms with Crippen molar-refractivity contribution < 1.29 is 10.0 Å². The zero-order valence-corrected chi connectivity index (χ0v) is 11.2. The summed E-state index contributed by atoms with van der Waals surface area (Å²) < 4.78 is 1.64.